The van der Waals surface area contributed by atoms with Crippen LogP contribution in [0.2, 0.25) is 5.02 Å². The Morgan fingerprint density at radius 2 is 1.85 bits per heavy atom. The zero-order valence-corrected chi connectivity index (χ0v) is 14.7. The maximum Gasteiger partial charge on any atom is 0.374 e. The molecule has 2 aromatic rings. The van der Waals surface area contributed by atoms with Gasteiger partial charge < -0.3 is 9.47 Å². The number of nitrogens with zero attached hydrogens (tertiary/aromatic N) is 1. The summed E-state index contributed by atoms with van der Waals surface area (Å²) in [6.07, 6.45) is -0.545. The number of rotatable bonds is 8. The smallest absolute Gasteiger partial charge is 0.374 e. The van der Waals surface area contributed by atoms with Gasteiger partial charge in [-0.3, -0.25) is 14.9 Å². The third-order valence-corrected chi connectivity index (χ3v) is 3.80. The van der Waals surface area contributed by atoms with Crippen molar-refractivity contribution < 1.29 is 24.0 Å². The number of benzene rings is 2. The first-order chi connectivity index (χ1) is 12.4. The van der Waals surface area contributed by atoms with Gasteiger partial charge in [-0.25, -0.2) is 4.79 Å². The van der Waals surface area contributed by atoms with Crippen LogP contribution in [0.3, 0.4) is 0 Å². The van der Waals surface area contributed by atoms with Crippen LogP contribution in [-0.4, -0.2) is 23.3 Å². The summed E-state index contributed by atoms with van der Waals surface area (Å²) in [7, 11) is 0. The van der Waals surface area contributed by atoms with E-state index in [0.717, 1.165) is 5.56 Å². The molecule has 0 saturated heterocycles. The first-order valence-corrected chi connectivity index (χ1v) is 8.14. The summed E-state index contributed by atoms with van der Waals surface area (Å²) in [6.45, 7) is 1.69. The van der Waals surface area contributed by atoms with Crippen LogP contribution >= 0.6 is 11.6 Å². The van der Waals surface area contributed by atoms with Crippen LogP contribution in [0.25, 0.3) is 0 Å². The highest BCUT2D eigenvalue weighted by Gasteiger charge is 2.28. The predicted molar refractivity (Wildman–Crippen MR) is 94.2 cm³/mol. The lowest BCUT2D eigenvalue weighted by molar-refractivity contribution is -0.386. The molecule has 0 atom stereocenters. The maximum absolute atomic E-state index is 11.9. The predicted octanol–water partition coefficient (Wildman–Crippen LogP) is 3.50. The zero-order valence-electron chi connectivity index (χ0n) is 13.9. The molecule has 0 amide bonds. The van der Waals surface area contributed by atoms with E-state index in [0.29, 0.717) is 0 Å². The van der Waals surface area contributed by atoms with Crippen molar-refractivity contribution in [2.24, 2.45) is 0 Å². The Morgan fingerprint density at radius 3 is 2.46 bits per heavy atom. The average molecular weight is 378 g/mol. The molecule has 0 aliphatic rings. The highest BCUT2D eigenvalue weighted by molar-refractivity contribution is 6.36. The molecule has 0 fully saturated rings. The molecule has 0 bridgehead atoms. The molecular formula is C18H16ClNO6. The van der Waals surface area contributed by atoms with Crippen molar-refractivity contribution in [3.63, 3.8) is 0 Å². The van der Waals surface area contributed by atoms with E-state index in [1.54, 1.807) is 6.92 Å². The second-order valence-corrected chi connectivity index (χ2v) is 5.63. The number of halogens is 1. The molecule has 26 heavy (non-hydrogen) atoms. The van der Waals surface area contributed by atoms with E-state index in [4.69, 9.17) is 16.3 Å². The Bertz CT molecular complexity index is 822. The number of hydrogen-bond acceptors (Lipinski definition) is 6. The molecule has 0 aliphatic carbocycles. The van der Waals surface area contributed by atoms with Crippen LogP contribution in [0, 0.1) is 10.1 Å². The number of ether oxygens (including phenoxy) is 2. The number of esters is 1. The van der Waals surface area contributed by atoms with Crippen molar-refractivity contribution in [1.82, 2.24) is 0 Å². The van der Waals surface area contributed by atoms with Crippen LogP contribution in [-0.2, 0) is 27.4 Å². The van der Waals surface area contributed by atoms with E-state index in [1.165, 1.54) is 12.1 Å². The van der Waals surface area contributed by atoms with Crippen molar-refractivity contribution in [2.45, 2.75) is 20.0 Å². The summed E-state index contributed by atoms with van der Waals surface area (Å²) >= 11 is 6.02. The largest absolute Gasteiger partial charge is 0.482 e. The van der Waals surface area contributed by atoms with E-state index >= 15 is 0 Å². The van der Waals surface area contributed by atoms with Gasteiger partial charge in [0.2, 0.25) is 5.78 Å². The number of ketones is 1. The summed E-state index contributed by atoms with van der Waals surface area (Å²) in [6, 6.07) is 11.9. The van der Waals surface area contributed by atoms with Gasteiger partial charge in [-0.05, 0) is 24.6 Å². The molecule has 7 nitrogen and oxygen atoms in total. The van der Waals surface area contributed by atoms with Crippen LogP contribution in [0.4, 0.5) is 5.69 Å². The SMILES string of the molecule is CCOC(=O)C(=O)Cc1c(Cl)ccc(OCc2ccccc2)c1[N+](=O)[O-]. The van der Waals surface area contributed by atoms with E-state index in [2.05, 4.69) is 4.74 Å². The number of carbonyl (C=O) groups excluding carboxylic acids is 2. The lowest BCUT2D eigenvalue weighted by Crippen LogP contribution is -2.20. The summed E-state index contributed by atoms with van der Waals surface area (Å²) < 4.78 is 10.2. The summed E-state index contributed by atoms with van der Waals surface area (Å²) in [5.74, 6) is -2.01. The fraction of sp³-hybridized carbons (Fsp3) is 0.222. The van der Waals surface area contributed by atoms with Gasteiger partial charge in [0.15, 0.2) is 5.75 Å². The summed E-state index contributed by atoms with van der Waals surface area (Å²) in [5, 5.41) is 11.5. The fourth-order valence-corrected chi connectivity index (χ4v) is 2.47. The molecule has 0 unspecified atom stereocenters. The molecule has 0 radical (unpaired) electrons. The van der Waals surface area contributed by atoms with Crippen molar-refractivity contribution in [1.29, 1.82) is 0 Å². The molecule has 0 aliphatic heterocycles. The van der Waals surface area contributed by atoms with Crippen LogP contribution in [0.5, 0.6) is 5.75 Å². The minimum atomic E-state index is -1.06. The van der Waals surface area contributed by atoms with Crippen LogP contribution < -0.4 is 4.74 Å². The number of nitro groups is 1. The lowest BCUT2D eigenvalue weighted by Gasteiger charge is -2.11. The summed E-state index contributed by atoms with van der Waals surface area (Å²) in [5.41, 5.74) is 0.298. The van der Waals surface area contributed by atoms with Crippen molar-refractivity contribution in [3.05, 3.63) is 68.7 Å². The number of Topliss-reactive ketones (excluding diaryl/α,β-unsaturated/α-hetero) is 1. The molecule has 136 valence electrons. The van der Waals surface area contributed by atoms with Gasteiger partial charge in [0.25, 0.3) is 0 Å². The van der Waals surface area contributed by atoms with Crippen molar-refractivity contribution in [3.8, 4) is 5.75 Å². The van der Waals surface area contributed by atoms with Gasteiger partial charge in [0, 0.05) is 0 Å². The highest BCUT2D eigenvalue weighted by atomic mass is 35.5. The Kier molecular flexibility index (Phi) is 6.68. The van der Waals surface area contributed by atoms with Crippen LogP contribution in [0.1, 0.15) is 18.1 Å². The maximum atomic E-state index is 11.9. The zero-order chi connectivity index (χ0) is 19.1. The minimum absolute atomic E-state index is 0.00131. The second kappa shape index (κ2) is 8.96. The van der Waals surface area contributed by atoms with E-state index in [-0.39, 0.29) is 29.5 Å². The molecule has 0 aromatic heterocycles. The van der Waals surface area contributed by atoms with Crippen molar-refractivity contribution >= 4 is 29.0 Å². The topological polar surface area (TPSA) is 95.7 Å². The Hall–Kier alpha value is -2.93. The molecule has 0 N–H and O–H groups in total. The Morgan fingerprint density at radius 1 is 1.15 bits per heavy atom. The van der Waals surface area contributed by atoms with Crippen LogP contribution in [0.15, 0.2) is 42.5 Å². The Labute approximate surface area is 154 Å². The number of nitro benzene ring substituents is 1. The first-order valence-electron chi connectivity index (χ1n) is 7.76. The third-order valence-electron chi connectivity index (χ3n) is 3.45. The van der Waals surface area contributed by atoms with Gasteiger partial charge in [0.1, 0.15) is 6.61 Å². The average Bonchev–Trinajstić information content (AvgIpc) is 2.62. The summed E-state index contributed by atoms with van der Waals surface area (Å²) in [4.78, 5) is 34.3. The third kappa shape index (κ3) is 4.80. The molecule has 2 aromatic carbocycles. The van der Waals surface area contributed by atoms with Crippen molar-refractivity contribution in [2.75, 3.05) is 6.61 Å². The normalized spacial score (nSPS) is 10.2. The number of carbonyl (C=O) groups is 2. The highest BCUT2D eigenvalue weighted by Crippen LogP contribution is 2.36. The molecule has 2 rings (SSSR count). The van der Waals surface area contributed by atoms with Gasteiger partial charge in [-0.2, -0.15) is 0 Å². The Balaban J connectivity index is 2.31. The fourth-order valence-electron chi connectivity index (χ4n) is 2.25. The molecule has 8 heteroatoms. The molecule has 0 saturated carbocycles. The monoisotopic (exact) mass is 377 g/mol. The van der Waals surface area contributed by atoms with E-state index in [1.807, 2.05) is 30.3 Å². The number of hydrogen-bond donors (Lipinski definition) is 0. The van der Waals surface area contributed by atoms with Gasteiger partial charge in [0.05, 0.1) is 28.5 Å². The van der Waals surface area contributed by atoms with E-state index < -0.39 is 28.8 Å². The van der Waals surface area contributed by atoms with Gasteiger partial charge in [-0.1, -0.05) is 41.9 Å². The standard InChI is InChI=1S/C18H16ClNO6/c1-2-25-18(22)15(21)10-13-14(19)8-9-16(17(13)20(23)24)26-11-12-6-4-3-5-7-12/h3-9H,2,10-11H2,1H3. The van der Waals surface area contributed by atoms with E-state index in [9.17, 15) is 19.7 Å². The first kappa shape index (κ1) is 19.4. The van der Waals surface area contributed by atoms with Gasteiger partial charge >= 0.3 is 11.7 Å². The molecular weight excluding hydrogens is 362 g/mol. The lowest BCUT2D eigenvalue weighted by atomic mass is 10.1. The molecule has 0 spiro atoms. The molecule has 0 heterocycles. The quantitative estimate of drug-likeness (QED) is 0.302. The van der Waals surface area contributed by atoms with Gasteiger partial charge in [-0.15, -0.1) is 0 Å². The minimum Gasteiger partial charge on any atom is -0.482 e. The second-order valence-electron chi connectivity index (χ2n) is 5.22.